The predicted octanol–water partition coefficient (Wildman–Crippen LogP) is -1.50. The van der Waals surface area contributed by atoms with Gasteiger partial charge in [-0.1, -0.05) is 5.16 Å². The molecule has 0 unspecified atom stereocenters. The van der Waals surface area contributed by atoms with E-state index in [2.05, 4.69) is 25.6 Å². The molecule has 0 fully saturated rings. The van der Waals surface area contributed by atoms with Crippen molar-refractivity contribution in [3.63, 3.8) is 0 Å². The van der Waals surface area contributed by atoms with Crippen LogP contribution in [0.4, 0.5) is 12.9 Å². The summed E-state index contributed by atoms with van der Waals surface area (Å²) >= 11 is 2.73. The van der Waals surface area contributed by atoms with Gasteiger partial charge in [0.1, 0.15) is 4.60 Å². The summed E-state index contributed by atoms with van der Waals surface area (Å²) in [7, 11) is 0. The average Bonchev–Trinajstić information content (AvgIpc) is 2.11. The number of hydrogen-bond acceptors (Lipinski definition) is 2. The van der Waals surface area contributed by atoms with Gasteiger partial charge in [-0.05, 0) is 22.0 Å². The first-order chi connectivity index (χ1) is 4.50. The molecule has 0 radical (unpaired) electrons. The molecule has 8 heteroatoms. The summed E-state index contributed by atoms with van der Waals surface area (Å²) in [5, 5.41) is 3.02. The second-order valence-electron chi connectivity index (χ2n) is 1.63. The third kappa shape index (κ3) is 3.60. The maximum atomic E-state index is 11.7. The van der Waals surface area contributed by atoms with Crippen LogP contribution in [0, 0.1) is 0 Å². The van der Waals surface area contributed by atoms with Crippen molar-refractivity contribution in [3.05, 3.63) is 10.7 Å². The van der Waals surface area contributed by atoms with Gasteiger partial charge in [0.15, 0.2) is 0 Å². The fraction of sp³-hybridized carbons (Fsp3) is 0. The zero-order valence-corrected chi connectivity index (χ0v) is 10.2. The molecule has 2 nitrogen and oxygen atoms in total. The number of nitrogens with zero attached hydrogens (tertiary/aromatic N) is 1. The van der Waals surface area contributed by atoms with Crippen molar-refractivity contribution < 1.29 is 68.9 Å². The summed E-state index contributed by atoms with van der Waals surface area (Å²) in [6, 6.07) is 0.792. The van der Waals surface area contributed by atoms with Gasteiger partial charge in [0.2, 0.25) is 0 Å². The van der Waals surface area contributed by atoms with Gasteiger partial charge in [0.05, 0.1) is 5.66 Å². The Hall–Kier alpha value is 1.18. The van der Waals surface area contributed by atoms with E-state index in [1.54, 1.807) is 0 Å². The first kappa shape index (κ1) is 12.2. The molecule has 0 saturated heterocycles. The van der Waals surface area contributed by atoms with Gasteiger partial charge in [-0.2, -0.15) is 0 Å². The Balaban J connectivity index is 0.000001000. The maximum absolute atomic E-state index is 11.7. The Morgan fingerprint density at radius 1 is 1.45 bits per heavy atom. The normalized spacial score (nSPS) is 10.9. The van der Waals surface area contributed by atoms with Crippen molar-refractivity contribution in [2.75, 3.05) is 0 Å². The Morgan fingerprint density at radius 2 is 2.00 bits per heavy atom. The molecule has 1 aromatic heterocycles. The molecule has 0 bridgehead atoms. The molecular weight excluding hydrogens is 253 g/mol. The maximum Gasteiger partial charge on any atom is 1.00 e. The minimum absolute atomic E-state index is 0. The Morgan fingerprint density at radius 3 is 2.18 bits per heavy atom. The van der Waals surface area contributed by atoms with Gasteiger partial charge in [0.25, 0.3) is 0 Å². The molecule has 0 atom stereocenters. The van der Waals surface area contributed by atoms with E-state index in [1.807, 2.05) is 0 Å². The monoisotopic (exact) mass is 253 g/mol. The van der Waals surface area contributed by atoms with Crippen LogP contribution in [0.1, 0.15) is 0 Å². The molecule has 0 amide bonds. The molecule has 1 heterocycles. The molecule has 0 aromatic carbocycles. The second-order valence-corrected chi connectivity index (χ2v) is 2.44. The quantitative estimate of drug-likeness (QED) is 0.570. The van der Waals surface area contributed by atoms with Crippen LogP contribution in [0.25, 0.3) is 0 Å². The standard InChI is InChI=1S/C3HBBrF3NO.K/c5-3-1-2(10-9-3)4(6,7)8;/h1H;/q-1;+1. The van der Waals surface area contributed by atoms with E-state index in [4.69, 9.17) is 0 Å². The number of aromatic nitrogens is 1. The van der Waals surface area contributed by atoms with E-state index in [0.29, 0.717) is 0 Å². The third-order valence-corrected chi connectivity index (χ3v) is 1.20. The van der Waals surface area contributed by atoms with Gasteiger partial charge in [-0.3, -0.25) is 0 Å². The topological polar surface area (TPSA) is 26.0 Å². The van der Waals surface area contributed by atoms with Gasteiger partial charge < -0.3 is 17.5 Å². The van der Waals surface area contributed by atoms with Crippen LogP contribution >= 0.6 is 15.9 Å². The molecule has 0 spiro atoms. The number of rotatable bonds is 1. The van der Waals surface area contributed by atoms with E-state index in [1.165, 1.54) is 0 Å². The zero-order valence-electron chi connectivity index (χ0n) is 5.52. The summed E-state index contributed by atoms with van der Waals surface area (Å²) < 4.78 is 39.1. The fourth-order valence-electron chi connectivity index (χ4n) is 0.421. The Labute approximate surface area is 111 Å². The summed E-state index contributed by atoms with van der Waals surface area (Å²) in [5.74, 6) is 0. The van der Waals surface area contributed by atoms with Crippen LogP contribution < -0.4 is 57.0 Å². The summed E-state index contributed by atoms with van der Waals surface area (Å²) in [6.45, 7) is -5.04. The third-order valence-electron chi connectivity index (χ3n) is 0.822. The Kier molecular flexibility index (Phi) is 4.90. The zero-order chi connectivity index (χ0) is 7.78. The fourth-order valence-corrected chi connectivity index (χ4v) is 0.719. The molecule has 0 aliphatic carbocycles. The van der Waals surface area contributed by atoms with E-state index in [9.17, 15) is 12.9 Å². The smallest absolute Gasteiger partial charge is 0.443 e. The van der Waals surface area contributed by atoms with E-state index in [0.717, 1.165) is 6.07 Å². The molecule has 0 saturated carbocycles. The van der Waals surface area contributed by atoms with Crippen molar-refractivity contribution in [2.24, 2.45) is 0 Å². The summed E-state index contributed by atoms with van der Waals surface area (Å²) in [5.41, 5.74) is -1.04. The van der Waals surface area contributed by atoms with Gasteiger partial charge in [-0.15, -0.1) is 0 Å². The average molecular weight is 254 g/mol. The summed E-state index contributed by atoms with van der Waals surface area (Å²) in [4.78, 5) is 0. The first-order valence-electron chi connectivity index (χ1n) is 2.32. The van der Waals surface area contributed by atoms with Crippen molar-refractivity contribution >= 4 is 28.6 Å². The molecule has 11 heavy (non-hydrogen) atoms. The second kappa shape index (κ2) is 4.43. The largest absolute Gasteiger partial charge is 1.00 e. The van der Waals surface area contributed by atoms with Crippen LogP contribution in [0.3, 0.4) is 0 Å². The van der Waals surface area contributed by atoms with Crippen LogP contribution in [-0.4, -0.2) is 12.1 Å². The van der Waals surface area contributed by atoms with Gasteiger partial charge in [-0.25, -0.2) is 0 Å². The van der Waals surface area contributed by atoms with E-state index in [-0.39, 0.29) is 56.0 Å². The Bertz CT molecular complexity index is 239. The van der Waals surface area contributed by atoms with Crippen LogP contribution in [0.15, 0.2) is 15.2 Å². The van der Waals surface area contributed by atoms with E-state index >= 15 is 0 Å². The van der Waals surface area contributed by atoms with Crippen molar-refractivity contribution in [3.8, 4) is 0 Å². The number of halogens is 4. The first-order valence-corrected chi connectivity index (χ1v) is 3.11. The minimum Gasteiger partial charge on any atom is -0.443 e. The predicted molar refractivity (Wildman–Crippen MR) is 32.9 cm³/mol. The minimum atomic E-state index is -5.04. The molecule has 0 N–H and O–H groups in total. The van der Waals surface area contributed by atoms with Crippen LogP contribution in [-0.2, 0) is 0 Å². The van der Waals surface area contributed by atoms with Gasteiger partial charge in [0, 0.05) is 0 Å². The van der Waals surface area contributed by atoms with Crippen molar-refractivity contribution in [1.82, 2.24) is 5.16 Å². The SMILES string of the molecule is F[B-](F)(F)c1cc(Br)no1.[K+]. The molecule has 1 aromatic rings. The van der Waals surface area contributed by atoms with Crippen molar-refractivity contribution in [2.45, 2.75) is 0 Å². The molecule has 1 rings (SSSR count). The molecule has 0 aliphatic heterocycles. The summed E-state index contributed by atoms with van der Waals surface area (Å²) in [6.07, 6.45) is 0. The van der Waals surface area contributed by atoms with Gasteiger partial charge >= 0.3 is 58.4 Å². The molecular formula is C3HBBrF3KNO. The number of hydrogen-bond donors (Lipinski definition) is 0. The van der Waals surface area contributed by atoms with Crippen LogP contribution in [0.2, 0.25) is 0 Å². The molecule has 0 aliphatic rings. The van der Waals surface area contributed by atoms with Crippen molar-refractivity contribution in [1.29, 1.82) is 0 Å². The van der Waals surface area contributed by atoms with Crippen LogP contribution in [0.5, 0.6) is 0 Å². The van der Waals surface area contributed by atoms with E-state index < -0.39 is 12.6 Å². The molecule has 56 valence electrons.